The number of halogens is 1. The lowest BCUT2D eigenvalue weighted by Crippen LogP contribution is -2.29. The minimum Gasteiger partial charge on any atom is -0.505 e. The summed E-state index contributed by atoms with van der Waals surface area (Å²) in [5, 5.41) is 27.9. The molecule has 1 aliphatic heterocycles. The number of aromatic hydroxyl groups is 1. The zero-order valence-electron chi connectivity index (χ0n) is 14.2. The molecule has 3 N–H and O–H groups in total. The molecule has 5 nitrogen and oxygen atoms in total. The van der Waals surface area contributed by atoms with Gasteiger partial charge in [-0.1, -0.05) is 23.3 Å². The van der Waals surface area contributed by atoms with E-state index in [1.54, 1.807) is 19.1 Å². The molecule has 0 unspecified atom stereocenters. The van der Waals surface area contributed by atoms with Crippen LogP contribution in [0.5, 0.6) is 5.75 Å². The molecular formula is C18H23FO5S. The van der Waals surface area contributed by atoms with Crippen LogP contribution in [0.4, 0.5) is 4.39 Å². The highest BCUT2D eigenvalue weighted by molar-refractivity contribution is 7.92. The van der Waals surface area contributed by atoms with Gasteiger partial charge in [0.05, 0.1) is 18.5 Å². The predicted molar refractivity (Wildman–Crippen MR) is 94.3 cm³/mol. The molecular weight excluding hydrogens is 347 g/mol. The Hall–Kier alpha value is -1.70. The molecule has 0 aliphatic carbocycles. The summed E-state index contributed by atoms with van der Waals surface area (Å²) in [4.78, 5) is 0. The van der Waals surface area contributed by atoms with Crippen LogP contribution in [0.3, 0.4) is 0 Å². The first kappa shape index (κ1) is 19.6. The first-order chi connectivity index (χ1) is 11.7. The van der Waals surface area contributed by atoms with E-state index in [4.69, 9.17) is 0 Å². The predicted octanol–water partition coefficient (Wildman–Crippen LogP) is 2.18. The van der Waals surface area contributed by atoms with Gasteiger partial charge in [-0.05, 0) is 50.0 Å². The van der Waals surface area contributed by atoms with E-state index in [9.17, 15) is 28.1 Å². The van der Waals surface area contributed by atoms with E-state index in [2.05, 4.69) is 0 Å². The van der Waals surface area contributed by atoms with E-state index >= 15 is 0 Å². The highest BCUT2D eigenvalue weighted by Gasteiger charge is 2.39. The summed E-state index contributed by atoms with van der Waals surface area (Å²) in [6, 6.07) is 4.07. The molecule has 1 heterocycles. The molecule has 1 aromatic carbocycles. The standard InChI is InChI=1S/C18H23FO5S/c1-11(7-13-4-6-15(21)14(19)8-13)3-5-16(22)18-12(2)10-25(23,24)17(18)9-20/h4,6-8,16-17,20-22H,3,5,9-10H2,1-2H3/b11-7+/t16-,17+/m1/s1. The number of hydrogen-bond acceptors (Lipinski definition) is 5. The van der Waals surface area contributed by atoms with Crippen molar-refractivity contribution < 1.29 is 28.1 Å². The molecule has 7 heteroatoms. The van der Waals surface area contributed by atoms with E-state index in [0.717, 1.165) is 5.57 Å². The molecule has 138 valence electrons. The van der Waals surface area contributed by atoms with Crippen LogP contribution < -0.4 is 0 Å². The Balaban J connectivity index is 2.06. The third kappa shape index (κ3) is 4.48. The molecule has 0 radical (unpaired) electrons. The smallest absolute Gasteiger partial charge is 0.165 e. The number of sulfone groups is 1. The Morgan fingerprint density at radius 2 is 2.12 bits per heavy atom. The van der Waals surface area contributed by atoms with E-state index in [1.807, 2.05) is 6.92 Å². The fourth-order valence-corrected chi connectivity index (χ4v) is 5.10. The van der Waals surface area contributed by atoms with Gasteiger partial charge in [-0.25, -0.2) is 12.8 Å². The number of benzene rings is 1. The molecule has 0 bridgehead atoms. The van der Waals surface area contributed by atoms with Gasteiger partial charge in [0.15, 0.2) is 21.4 Å². The second-order valence-corrected chi connectivity index (χ2v) is 8.65. The second kappa shape index (κ2) is 7.68. The molecule has 0 aromatic heterocycles. The van der Waals surface area contributed by atoms with Gasteiger partial charge in [-0.2, -0.15) is 0 Å². The van der Waals surface area contributed by atoms with Crippen molar-refractivity contribution in [3.8, 4) is 5.75 Å². The van der Waals surface area contributed by atoms with Gasteiger partial charge in [0.25, 0.3) is 0 Å². The topological polar surface area (TPSA) is 94.8 Å². The van der Waals surface area contributed by atoms with E-state index < -0.39 is 39.4 Å². The molecule has 0 saturated carbocycles. The first-order valence-corrected chi connectivity index (χ1v) is 9.73. The Morgan fingerprint density at radius 3 is 2.72 bits per heavy atom. The Bertz CT molecular complexity index is 811. The monoisotopic (exact) mass is 370 g/mol. The van der Waals surface area contributed by atoms with Gasteiger partial charge >= 0.3 is 0 Å². The van der Waals surface area contributed by atoms with Crippen molar-refractivity contribution in [2.75, 3.05) is 12.4 Å². The highest BCUT2D eigenvalue weighted by Crippen LogP contribution is 2.31. The maximum atomic E-state index is 13.3. The van der Waals surface area contributed by atoms with Gasteiger partial charge in [0.2, 0.25) is 0 Å². The number of rotatable bonds is 6. The van der Waals surface area contributed by atoms with Crippen molar-refractivity contribution >= 4 is 15.9 Å². The number of aliphatic hydroxyl groups excluding tert-OH is 2. The van der Waals surface area contributed by atoms with E-state index in [1.165, 1.54) is 12.1 Å². The van der Waals surface area contributed by atoms with Crippen molar-refractivity contribution in [2.24, 2.45) is 0 Å². The second-order valence-electron chi connectivity index (χ2n) is 6.47. The van der Waals surface area contributed by atoms with Crippen LogP contribution in [0.15, 0.2) is 34.9 Å². The molecule has 0 spiro atoms. The fourth-order valence-electron chi connectivity index (χ4n) is 3.15. The van der Waals surface area contributed by atoms with Crippen LogP contribution in [0.1, 0.15) is 32.3 Å². The lowest BCUT2D eigenvalue weighted by Gasteiger charge is -2.18. The van der Waals surface area contributed by atoms with E-state index in [-0.39, 0.29) is 5.75 Å². The van der Waals surface area contributed by atoms with Crippen molar-refractivity contribution in [2.45, 2.75) is 38.0 Å². The maximum absolute atomic E-state index is 13.3. The minimum absolute atomic E-state index is 0.133. The zero-order chi connectivity index (χ0) is 18.8. The lowest BCUT2D eigenvalue weighted by molar-refractivity contribution is 0.189. The van der Waals surface area contributed by atoms with Crippen molar-refractivity contribution in [1.29, 1.82) is 0 Å². The number of phenols is 1. The SMILES string of the molecule is CC1=C([C@H](O)CC/C(C)=C/c2ccc(O)c(F)c2)[C@H](CO)S(=O)(=O)C1. The van der Waals surface area contributed by atoms with Crippen LogP contribution in [-0.4, -0.2) is 47.5 Å². The molecule has 25 heavy (non-hydrogen) atoms. The van der Waals surface area contributed by atoms with Gasteiger partial charge in [-0.3, -0.25) is 0 Å². The highest BCUT2D eigenvalue weighted by atomic mass is 32.2. The summed E-state index contributed by atoms with van der Waals surface area (Å²) in [6.45, 7) is 2.95. The Morgan fingerprint density at radius 1 is 1.44 bits per heavy atom. The van der Waals surface area contributed by atoms with Gasteiger partial charge in [0, 0.05) is 0 Å². The third-order valence-electron chi connectivity index (χ3n) is 4.41. The summed E-state index contributed by atoms with van der Waals surface area (Å²) in [5.74, 6) is -1.25. The molecule has 2 rings (SSSR count). The van der Waals surface area contributed by atoms with Gasteiger partial charge < -0.3 is 15.3 Å². The molecule has 1 aliphatic rings. The van der Waals surface area contributed by atoms with Crippen LogP contribution in [-0.2, 0) is 9.84 Å². The number of allylic oxidation sites excluding steroid dienone is 1. The largest absolute Gasteiger partial charge is 0.505 e. The summed E-state index contributed by atoms with van der Waals surface area (Å²) < 4.78 is 37.3. The summed E-state index contributed by atoms with van der Waals surface area (Å²) in [7, 11) is -3.44. The Kier molecular flexibility index (Phi) is 6.03. The van der Waals surface area contributed by atoms with Crippen molar-refractivity contribution in [3.05, 3.63) is 46.3 Å². The first-order valence-electron chi connectivity index (χ1n) is 8.01. The van der Waals surface area contributed by atoms with Gasteiger partial charge in [0.1, 0.15) is 5.25 Å². The van der Waals surface area contributed by atoms with Crippen LogP contribution in [0.2, 0.25) is 0 Å². The van der Waals surface area contributed by atoms with E-state index in [0.29, 0.717) is 29.6 Å². The zero-order valence-corrected chi connectivity index (χ0v) is 15.1. The van der Waals surface area contributed by atoms with Crippen molar-refractivity contribution in [1.82, 2.24) is 0 Å². The van der Waals surface area contributed by atoms with Crippen LogP contribution in [0.25, 0.3) is 6.08 Å². The number of hydrogen-bond donors (Lipinski definition) is 3. The summed E-state index contributed by atoms with van der Waals surface area (Å²) in [5.41, 5.74) is 2.46. The number of phenolic OH excluding ortho intramolecular Hbond substituents is 1. The third-order valence-corrected chi connectivity index (χ3v) is 6.52. The Labute approximate surface area is 147 Å². The molecule has 2 atom stereocenters. The summed E-state index contributed by atoms with van der Waals surface area (Å²) >= 11 is 0. The van der Waals surface area contributed by atoms with Crippen molar-refractivity contribution in [3.63, 3.8) is 0 Å². The average Bonchev–Trinajstić information content (AvgIpc) is 2.76. The minimum atomic E-state index is -3.44. The molecule has 0 fully saturated rings. The van der Waals surface area contributed by atoms with Gasteiger partial charge in [-0.15, -0.1) is 0 Å². The number of aliphatic hydroxyl groups is 2. The maximum Gasteiger partial charge on any atom is 0.165 e. The molecule has 1 aromatic rings. The van der Waals surface area contributed by atoms with Crippen LogP contribution in [0, 0.1) is 5.82 Å². The molecule has 0 saturated heterocycles. The summed E-state index contributed by atoms with van der Waals surface area (Å²) in [6.07, 6.45) is 1.58. The fraction of sp³-hybridized carbons (Fsp3) is 0.444. The van der Waals surface area contributed by atoms with Crippen LogP contribution >= 0.6 is 0 Å². The molecule has 0 amide bonds. The average molecular weight is 370 g/mol. The normalized spacial score (nSPS) is 21.6. The quantitative estimate of drug-likeness (QED) is 0.667. The lowest BCUT2D eigenvalue weighted by atomic mass is 9.96.